The smallest absolute Gasteiger partial charge is 0.243 e. The molecule has 1 aliphatic carbocycles. The van der Waals surface area contributed by atoms with E-state index in [9.17, 15) is 9.59 Å². The number of halogens is 1. The minimum atomic E-state index is -0.839. The van der Waals surface area contributed by atoms with Crippen LogP contribution in [0.4, 0.5) is 0 Å². The lowest BCUT2D eigenvalue weighted by atomic mass is 9.96. The molecule has 1 saturated carbocycles. The lowest BCUT2D eigenvalue weighted by molar-refractivity contribution is -0.131. The van der Waals surface area contributed by atoms with Gasteiger partial charge in [0.1, 0.15) is 5.92 Å². The van der Waals surface area contributed by atoms with Gasteiger partial charge in [0.25, 0.3) is 0 Å². The Kier molecular flexibility index (Phi) is 3.10. The van der Waals surface area contributed by atoms with Crippen molar-refractivity contribution in [3.63, 3.8) is 0 Å². The normalized spacial score (nSPS) is 22.8. The van der Waals surface area contributed by atoms with Crippen molar-refractivity contribution in [2.75, 3.05) is 0 Å². The zero-order chi connectivity index (χ0) is 13.4. The maximum Gasteiger partial charge on any atom is 0.243 e. The molecular weight excluding hydrogens is 310 g/mol. The third-order valence-corrected chi connectivity index (χ3v) is 3.80. The Hall–Kier alpha value is -1.69. The third kappa shape index (κ3) is 2.53. The van der Waals surface area contributed by atoms with Crippen molar-refractivity contribution >= 4 is 33.7 Å². The molecule has 0 spiro atoms. The minimum absolute atomic E-state index is 0.246. The molecule has 1 heterocycles. The fraction of sp³-hybridized carbons (Fsp3) is 0.308. The first-order chi connectivity index (χ1) is 9.15. The quantitative estimate of drug-likeness (QED) is 0.806. The molecule has 2 N–H and O–H groups in total. The number of amides is 2. The predicted molar refractivity (Wildman–Crippen MR) is 73.6 cm³/mol. The van der Waals surface area contributed by atoms with Gasteiger partial charge in [0.2, 0.25) is 17.8 Å². The van der Waals surface area contributed by atoms with E-state index in [4.69, 9.17) is 0 Å². The fourth-order valence-corrected chi connectivity index (χ4v) is 2.48. The third-order valence-electron chi connectivity index (χ3n) is 3.08. The van der Waals surface area contributed by atoms with E-state index in [0.717, 1.165) is 17.3 Å². The summed E-state index contributed by atoms with van der Waals surface area (Å²) in [4.78, 5) is 28.4. The van der Waals surface area contributed by atoms with Gasteiger partial charge in [0.05, 0.1) is 6.04 Å². The first-order valence-corrected chi connectivity index (χ1v) is 6.88. The van der Waals surface area contributed by atoms with Crippen molar-refractivity contribution in [3.05, 3.63) is 34.3 Å². The van der Waals surface area contributed by atoms with Crippen molar-refractivity contribution in [1.82, 2.24) is 10.6 Å². The van der Waals surface area contributed by atoms with Gasteiger partial charge in [-0.1, -0.05) is 34.1 Å². The van der Waals surface area contributed by atoms with Crippen LogP contribution in [0.5, 0.6) is 0 Å². The van der Waals surface area contributed by atoms with Crippen molar-refractivity contribution < 1.29 is 9.59 Å². The van der Waals surface area contributed by atoms with Crippen LogP contribution in [0.3, 0.4) is 0 Å². The largest absolute Gasteiger partial charge is 0.295 e. The van der Waals surface area contributed by atoms with Crippen LogP contribution in [0.1, 0.15) is 24.3 Å². The van der Waals surface area contributed by atoms with E-state index in [-0.39, 0.29) is 23.8 Å². The van der Waals surface area contributed by atoms with E-state index in [0.29, 0.717) is 5.56 Å². The number of hydrogen-bond donors (Lipinski definition) is 2. The van der Waals surface area contributed by atoms with Gasteiger partial charge in [-0.3, -0.25) is 20.2 Å². The summed E-state index contributed by atoms with van der Waals surface area (Å²) < 4.78 is 0.743. The van der Waals surface area contributed by atoms with Crippen LogP contribution < -0.4 is 10.6 Å². The van der Waals surface area contributed by atoms with E-state index < -0.39 is 5.92 Å². The number of carbonyl (C=O) groups excluding carboxylic acids is 2. The Morgan fingerprint density at radius 1 is 1.11 bits per heavy atom. The number of aliphatic imine (C=N–C) groups is 1. The molecule has 3 rings (SSSR count). The summed E-state index contributed by atoms with van der Waals surface area (Å²) in [6, 6.07) is 7.46. The molecule has 98 valence electrons. The van der Waals surface area contributed by atoms with Gasteiger partial charge < -0.3 is 0 Å². The van der Waals surface area contributed by atoms with Crippen LogP contribution in [-0.2, 0) is 9.59 Å². The number of guanidine groups is 1. The topological polar surface area (TPSA) is 70.6 Å². The van der Waals surface area contributed by atoms with Crippen molar-refractivity contribution in [2.24, 2.45) is 4.99 Å². The van der Waals surface area contributed by atoms with Crippen LogP contribution in [-0.4, -0.2) is 23.8 Å². The number of benzene rings is 1. The summed E-state index contributed by atoms with van der Waals surface area (Å²) in [5, 5.41) is 5.30. The predicted octanol–water partition coefficient (Wildman–Crippen LogP) is 1.30. The van der Waals surface area contributed by atoms with Gasteiger partial charge in [0.15, 0.2) is 0 Å². The summed E-state index contributed by atoms with van der Waals surface area (Å²) in [5.41, 5.74) is 0.656. The lowest BCUT2D eigenvalue weighted by Crippen LogP contribution is -2.55. The first-order valence-electron chi connectivity index (χ1n) is 6.09. The van der Waals surface area contributed by atoms with Crippen molar-refractivity contribution in [1.29, 1.82) is 0 Å². The molecule has 19 heavy (non-hydrogen) atoms. The molecule has 1 aliphatic heterocycles. The van der Waals surface area contributed by atoms with Gasteiger partial charge >= 0.3 is 0 Å². The average Bonchev–Trinajstić information content (AvgIpc) is 3.14. The molecule has 5 nitrogen and oxygen atoms in total. The van der Waals surface area contributed by atoms with E-state index in [1.807, 2.05) is 12.1 Å². The summed E-state index contributed by atoms with van der Waals surface area (Å²) in [5.74, 6) is -1.24. The molecule has 2 aliphatic rings. The van der Waals surface area contributed by atoms with Crippen LogP contribution in [0.2, 0.25) is 0 Å². The Morgan fingerprint density at radius 3 is 2.32 bits per heavy atom. The molecule has 0 aromatic heterocycles. The number of nitrogens with zero attached hydrogens (tertiary/aromatic N) is 1. The Morgan fingerprint density at radius 2 is 1.74 bits per heavy atom. The second-order valence-electron chi connectivity index (χ2n) is 4.64. The molecule has 0 atom stereocenters. The maximum absolute atomic E-state index is 12.1. The molecule has 2 fully saturated rings. The molecule has 0 unspecified atom stereocenters. The van der Waals surface area contributed by atoms with Crippen molar-refractivity contribution in [3.8, 4) is 0 Å². The highest BCUT2D eigenvalue weighted by molar-refractivity contribution is 9.10. The van der Waals surface area contributed by atoms with Gasteiger partial charge in [-0.2, -0.15) is 0 Å². The van der Waals surface area contributed by atoms with Gasteiger partial charge in [-0.25, -0.2) is 4.99 Å². The SMILES string of the molecule is O=C1NC(=NC2CC2)NC(=O)C1c1ccccc1Br. The average molecular weight is 322 g/mol. The maximum atomic E-state index is 12.1. The zero-order valence-corrected chi connectivity index (χ0v) is 11.6. The van der Waals surface area contributed by atoms with Crippen LogP contribution in [0, 0.1) is 0 Å². The monoisotopic (exact) mass is 321 g/mol. The minimum Gasteiger partial charge on any atom is -0.295 e. The van der Waals surface area contributed by atoms with Crippen LogP contribution in [0.15, 0.2) is 33.7 Å². The summed E-state index contributed by atoms with van der Waals surface area (Å²) >= 11 is 3.36. The fourth-order valence-electron chi connectivity index (χ4n) is 1.97. The molecular formula is C13H12BrN3O2. The Bertz CT molecular complexity index is 561. The molecule has 1 aromatic carbocycles. The molecule has 1 aromatic rings. The highest BCUT2D eigenvalue weighted by atomic mass is 79.9. The van der Waals surface area contributed by atoms with Gasteiger partial charge in [0, 0.05) is 4.47 Å². The summed E-state index contributed by atoms with van der Waals surface area (Å²) in [6.07, 6.45) is 2.03. The van der Waals surface area contributed by atoms with Gasteiger partial charge in [-0.05, 0) is 24.5 Å². The summed E-state index contributed by atoms with van der Waals surface area (Å²) in [6.45, 7) is 0. The Balaban J connectivity index is 1.86. The molecule has 1 saturated heterocycles. The number of rotatable bonds is 2. The first kappa shape index (κ1) is 12.3. The molecule has 6 heteroatoms. The Labute approximate surface area is 118 Å². The second kappa shape index (κ2) is 4.77. The molecule has 0 radical (unpaired) electrons. The molecule has 0 bridgehead atoms. The highest BCUT2D eigenvalue weighted by Crippen LogP contribution is 2.27. The van der Waals surface area contributed by atoms with E-state index in [2.05, 4.69) is 31.6 Å². The zero-order valence-electron chi connectivity index (χ0n) is 10.0. The van der Waals surface area contributed by atoms with Crippen LogP contribution >= 0.6 is 15.9 Å². The van der Waals surface area contributed by atoms with E-state index >= 15 is 0 Å². The molecule has 2 amide bonds. The number of nitrogens with one attached hydrogen (secondary N) is 2. The summed E-state index contributed by atoms with van der Waals surface area (Å²) in [7, 11) is 0. The number of hydrogen-bond acceptors (Lipinski definition) is 3. The number of carbonyl (C=O) groups is 2. The van der Waals surface area contributed by atoms with E-state index in [1.165, 1.54) is 0 Å². The second-order valence-corrected chi connectivity index (χ2v) is 5.50. The van der Waals surface area contributed by atoms with Crippen molar-refractivity contribution in [2.45, 2.75) is 24.8 Å². The van der Waals surface area contributed by atoms with E-state index in [1.54, 1.807) is 12.1 Å². The van der Waals surface area contributed by atoms with Crippen LogP contribution in [0.25, 0.3) is 0 Å². The standard InChI is InChI=1S/C13H12BrN3O2/c14-9-4-2-1-3-8(9)10-11(18)16-13(17-12(10)19)15-7-5-6-7/h1-4,7,10H,5-6H2,(H2,15,16,17,18,19). The lowest BCUT2D eigenvalue weighted by Gasteiger charge is -2.24. The highest BCUT2D eigenvalue weighted by Gasteiger charge is 2.36. The van der Waals surface area contributed by atoms with Gasteiger partial charge in [-0.15, -0.1) is 0 Å².